The maximum absolute atomic E-state index is 12.5. The van der Waals surface area contributed by atoms with Gasteiger partial charge in [-0.1, -0.05) is 12.1 Å². The first-order valence-electron chi connectivity index (χ1n) is 5.03. The van der Waals surface area contributed by atoms with Crippen LogP contribution >= 0.6 is 0 Å². The molecule has 6 heteroatoms. The number of halogens is 3. The molecule has 0 spiro atoms. The van der Waals surface area contributed by atoms with Crippen LogP contribution in [0.3, 0.4) is 0 Å². The predicted molar refractivity (Wildman–Crippen MR) is 58.6 cm³/mol. The minimum atomic E-state index is -4.41. The van der Waals surface area contributed by atoms with Gasteiger partial charge in [0.15, 0.2) is 11.6 Å². The number of benzene rings is 1. The fourth-order valence-electron chi connectivity index (χ4n) is 1.48. The van der Waals surface area contributed by atoms with Gasteiger partial charge in [-0.25, -0.2) is 9.79 Å². The van der Waals surface area contributed by atoms with Crippen molar-refractivity contribution in [2.45, 2.75) is 13.1 Å². The maximum Gasteiger partial charge on any atom is 0.416 e. The van der Waals surface area contributed by atoms with E-state index in [0.717, 1.165) is 12.1 Å². The normalized spacial score (nSPS) is 17.9. The number of cyclic esters (lactones) is 1. The Hall–Kier alpha value is -2.11. The standard InChI is InChI=1S/C12H8F3NO2/c1-7-16-10(11(17)18-7)6-8-3-2-4-9(5-8)12(13,14)15/h2-6H,1H3/b10-6-. The molecule has 0 amide bonds. The van der Waals surface area contributed by atoms with Gasteiger partial charge < -0.3 is 4.74 Å². The number of nitrogens with zero attached hydrogens (tertiary/aromatic N) is 1. The van der Waals surface area contributed by atoms with E-state index in [1.54, 1.807) is 0 Å². The lowest BCUT2D eigenvalue weighted by Gasteiger charge is -2.06. The summed E-state index contributed by atoms with van der Waals surface area (Å²) < 4.78 is 42.1. The van der Waals surface area contributed by atoms with Crippen molar-refractivity contribution in [2.24, 2.45) is 4.99 Å². The average Bonchev–Trinajstić information content (AvgIpc) is 2.56. The van der Waals surface area contributed by atoms with Crippen LogP contribution in [0.1, 0.15) is 18.1 Å². The third-order valence-electron chi connectivity index (χ3n) is 2.24. The van der Waals surface area contributed by atoms with Crippen LogP contribution in [0.5, 0.6) is 0 Å². The molecule has 1 heterocycles. The van der Waals surface area contributed by atoms with Gasteiger partial charge in [0, 0.05) is 6.92 Å². The molecule has 1 aliphatic rings. The molecule has 2 rings (SSSR count). The first-order chi connectivity index (χ1) is 8.36. The van der Waals surface area contributed by atoms with Crippen LogP contribution in [-0.4, -0.2) is 11.9 Å². The molecule has 0 radical (unpaired) electrons. The zero-order valence-electron chi connectivity index (χ0n) is 9.28. The number of ether oxygens (including phenoxy) is 1. The Balaban J connectivity index is 2.36. The minimum Gasteiger partial charge on any atom is -0.407 e. The van der Waals surface area contributed by atoms with Gasteiger partial charge >= 0.3 is 12.1 Å². The summed E-state index contributed by atoms with van der Waals surface area (Å²) in [7, 11) is 0. The van der Waals surface area contributed by atoms with Crippen molar-refractivity contribution < 1.29 is 22.7 Å². The zero-order valence-corrected chi connectivity index (χ0v) is 9.28. The number of esters is 1. The van der Waals surface area contributed by atoms with Crippen molar-refractivity contribution in [2.75, 3.05) is 0 Å². The molecule has 0 saturated carbocycles. The average molecular weight is 255 g/mol. The van der Waals surface area contributed by atoms with E-state index in [9.17, 15) is 18.0 Å². The van der Waals surface area contributed by atoms with E-state index in [0.29, 0.717) is 0 Å². The van der Waals surface area contributed by atoms with Crippen LogP contribution in [0.25, 0.3) is 6.08 Å². The summed E-state index contributed by atoms with van der Waals surface area (Å²) in [5.41, 5.74) is -0.536. The Labute approximate surface area is 101 Å². The van der Waals surface area contributed by atoms with Crippen LogP contribution in [0.2, 0.25) is 0 Å². The number of hydrogen-bond acceptors (Lipinski definition) is 3. The Bertz CT molecular complexity index is 559. The molecule has 1 aromatic rings. The van der Waals surface area contributed by atoms with E-state index >= 15 is 0 Å². The second-order valence-electron chi connectivity index (χ2n) is 3.67. The van der Waals surface area contributed by atoms with Gasteiger partial charge in [0.1, 0.15) is 0 Å². The Morgan fingerprint density at radius 2 is 2.06 bits per heavy atom. The summed E-state index contributed by atoms with van der Waals surface area (Å²) in [6.45, 7) is 1.49. The Morgan fingerprint density at radius 1 is 1.33 bits per heavy atom. The largest absolute Gasteiger partial charge is 0.416 e. The molecular formula is C12H8F3NO2. The highest BCUT2D eigenvalue weighted by atomic mass is 19.4. The summed E-state index contributed by atoms with van der Waals surface area (Å²) in [5, 5.41) is 0. The van der Waals surface area contributed by atoms with Crippen LogP contribution in [0, 0.1) is 0 Å². The summed E-state index contributed by atoms with van der Waals surface area (Å²) in [6.07, 6.45) is -3.15. The van der Waals surface area contributed by atoms with Gasteiger partial charge in [0.2, 0.25) is 0 Å². The van der Waals surface area contributed by atoms with Crippen molar-refractivity contribution >= 4 is 17.9 Å². The first kappa shape index (κ1) is 12.3. The van der Waals surface area contributed by atoms with Gasteiger partial charge in [-0.3, -0.25) is 0 Å². The zero-order chi connectivity index (χ0) is 13.3. The lowest BCUT2D eigenvalue weighted by molar-refractivity contribution is -0.137. The minimum absolute atomic E-state index is 0.00757. The predicted octanol–water partition coefficient (Wildman–Crippen LogP) is 3.02. The van der Waals surface area contributed by atoms with Crippen molar-refractivity contribution in [3.63, 3.8) is 0 Å². The third-order valence-corrected chi connectivity index (χ3v) is 2.24. The molecule has 0 atom stereocenters. The Kier molecular flexibility index (Phi) is 2.94. The first-order valence-corrected chi connectivity index (χ1v) is 5.03. The molecule has 0 bridgehead atoms. The van der Waals surface area contributed by atoms with E-state index in [2.05, 4.69) is 9.73 Å². The highest BCUT2D eigenvalue weighted by molar-refractivity contribution is 6.06. The number of aliphatic imine (C=N–C) groups is 1. The third kappa shape index (κ3) is 2.58. The second kappa shape index (κ2) is 4.29. The summed E-state index contributed by atoms with van der Waals surface area (Å²) in [4.78, 5) is 15.0. The monoisotopic (exact) mass is 255 g/mol. The highest BCUT2D eigenvalue weighted by Crippen LogP contribution is 2.30. The molecular weight excluding hydrogens is 247 g/mol. The van der Waals surface area contributed by atoms with Crippen LogP contribution in [-0.2, 0) is 15.7 Å². The molecule has 1 aromatic carbocycles. The van der Waals surface area contributed by atoms with Gasteiger partial charge in [0.25, 0.3) is 0 Å². The molecule has 3 nitrogen and oxygen atoms in total. The lowest BCUT2D eigenvalue weighted by Crippen LogP contribution is -2.04. The number of alkyl halides is 3. The van der Waals surface area contributed by atoms with E-state index in [1.165, 1.54) is 25.1 Å². The lowest BCUT2D eigenvalue weighted by atomic mass is 10.1. The quantitative estimate of drug-likeness (QED) is 0.571. The topological polar surface area (TPSA) is 38.7 Å². The SMILES string of the molecule is CC1=N/C(=C\c2cccc(C(F)(F)F)c2)C(=O)O1. The van der Waals surface area contributed by atoms with E-state index in [1.807, 2.05) is 0 Å². The Morgan fingerprint density at radius 3 is 2.61 bits per heavy atom. The van der Waals surface area contributed by atoms with Gasteiger partial charge in [-0.2, -0.15) is 13.2 Å². The molecule has 18 heavy (non-hydrogen) atoms. The van der Waals surface area contributed by atoms with Gasteiger partial charge in [-0.15, -0.1) is 0 Å². The second-order valence-corrected chi connectivity index (χ2v) is 3.67. The van der Waals surface area contributed by atoms with Crippen LogP contribution in [0.4, 0.5) is 13.2 Å². The van der Waals surface area contributed by atoms with Crippen LogP contribution < -0.4 is 0 Å². The molecule has 0 aromatic heterocycles. The number of carbonyl (C=O) groups is 1. The van der Waals surface area contributed by atoms with E-state index < -0.39 is 17.7 Å². The molecule has 1 aliphatic heterocycles. The summed E-state index contributed by atoms with van der Waals surface area (Å²) in [6, 6.07) is 4.64. The summed E-state index contributed by atoms with van der Waals surface area (Å²) in [5.74, 6) is -0.483. The number of carbonyl (C=O) groups excluding carboxylic acids is 1. The molecule has 0 unspecified atom stereocenters. The smallest absolute Gasteiger partial charge is 0.407 e. The van der Waals surface area contributed by atoms with Gasteiger partial charge in [-0.05, 0) is 23.8 Å². The fraction of sp³-hybridized carbons (Fsp3) is 0.167. The van der Waals surface area contributed by atoms with Gasteiger partial charge in [0.05, 0.1) is 5.56 Å². The molecule has 0 aliphatic carbocycles. The highest BCUT2D eigenvalue weighted by Gasteiger charge is 2.30. The van der Waals surface area contributed by atoms with Crippen molar-refractivity contribution in [1.82, 2.24) is 0 Å². The fourth-order valence-corrected chi connectivity index (χ4v) is 1.48. The van der Waals surface area contributed by atoms with Crippen molar-refractivity contribution in [1.29, 1.82) is 0 Å². The molecule has 0 N–H and O–H groups in total. The number of rotatable bonds is 1. The van der Waals surface area contributed by atoms with E-state index in [4.69, 9.17) is 0 Å². The molecule has 0 fully saturated rings. The van der Waals surface area contributed by atoms with E-state index in [-0.39, 0.29) is 17.2 Å². The molecule has 94 valence electrons. The van der Waals surface area contributed by atoms with Crippen LogP contribution in [0.15, 0.2) is 35.0 Å². The summed E-state index contributed by atoms with van der Waals surface area (Å²) >= 11 is 0. The maximum atomic E-state index is 12.5. The number of hydrogen-bond donors (Lipinski definition) is 0. The van der Waals surface area contributed by atoms with Crippen molar-refractivity contribution in [3.05, 3.63) is 41.1 Å². The van der Waals surface area contributed by atoms with Crippen molar-refractivity contribution in [3.8, 4) is 0 Å². The molecule has 0 saturated heterocycles.